The Labute approximate surface area is 724 Å². The van der Waals surface area contributed by atoms with E-state index in [1.54, 1.807) is 81.7 Å². The number of aliphatic hydroxyl groups is 1. The smallest absolute Gasteiger partial charge is 0.246 e. The number of aromatic amines is 3. The van der Waals surface area contributed by atoms with Gasteiger partial charge in [0, 0.05) is 119 Å². The quantitative estimate of drug-likeness (QED) is 0.0194. The Hall–Kier alpha value is -12.2. The Kier molecular flexibility index (Phi) is 38.3. The molecule has 5 aromatic rings. The van der Waals surface area contributed by atoms with Gasteiger partial charge in [0.1, 0.15) is 78.5 Å². The van der Waals surface area contributed by atoms with Gasteiger partial charge in [-0.2, -0.15) is 0 Å². The van der Waals surface area contributed by atoms with E-state index in [2.05, 4.69) is 78.4 Å². The van der Waals surface area contributed by atoms with Crippen molar-refractivity contribution in [2.45, 2.75) is 223 Å². The second-order valence-corrected chi connectivity index (χ2v) is 32.9. The molecule has 0 aliphatic carbocycles. The number of likely N-dealkylation sites (N-methyl/N-ethyl adjacent to an activating group) is 5. The summed E-state index contributed by atoms with van der Waals surface area (Å²) in [6.45, 7) is 9.90. The largest absolute Gasteiger partial charge is 0.394 e. The summed E-state index contributed by atoms with van der Waals surface area (Å²) in [6.07, 6.45) is 6.74. The van der Waals surface area contributed by atoms with Gasteiger partial charge in [-0.1, -0.05) is 89.8 Å². The number of nitrogens with one attached hydrogen (secondary N) is 15. The number of aromatic nitrogens is 4. The van der Waals surface area contributed by atoms with Crippen LogP contribution in [0, 0.1) is 11.3 Å². The van der Waals surface area contributed by atoms with Crippen LogP contribution < -0.4 is 70.0 Å². The molecule has 678 valence electrons. The number of unbranched alkanes of at least 4 members (excludes halogenated alkanes) is 2. The molecule has 5 heterocycles. The molecule has 40 nitrogen and oxygen atoms in total. The number of carbonyl (C=O) groups excluding carboxylic acids is 16. The lowest BCUT2D eigenvalue weighted by Crippen LogP contribution is -2.61. The fourth-order valence-electron chi connectivity index (χ4n) is 14.9. The highest BCUT2D eigenvalue weighted by molar-refractivity contribution is 8.00. The average molecular weight is 1750 g/mol. The molecule has 2 aliphatic rings. The number of guanidine groups is 1. The van der Waals surface area contributed by atoms with Gasteiger partial charge in [0.2, 0.25) is 94.5 Å². The zero-order chi connectivity index (χ0) is 91.2. The van der Waals surface area contributed by atoms with E-state index in [0.29, 0.717) is 64.3 Å². The Balaban J connectivity index is 1.27. The highest BCUT2D eigenvalue weighted by Gasteiger charge is 2.44. The molecule has 2 aromatic carbocycles. The maximum Gasteiger partial charge on any atom is 0.246 e. The third-order valence-corrected chi connectivity index (χ3v) is 22.9. The van der Waals surface area contributed by atoms with Crippen LogP contribution in [0.1, 0.15) is 142 Å². The van der Waals surface area contributed by atoms with Crippen molar-refractivity contribution in [3.8, 4) is 0 Å². The van der Waals surface area contributed by atoms with E-state index in [0.717, 1.165) is 26.5 Å². The summed E-state index contributed by atoms with van der Waals surface area (Å²) in [6, 6.07) is -4.60. The summed E-state index contributed by atoms with van der Waals surface area (Å²) in [5, 5.41) is 49.6. The normalized spacial score (nSPS) is 24.3. The molecule has 2 aliphatic heterocycles. The number of fused-ring (bicyclic) bond motifs is 3. The molecule has 2 fully saturated rings. The van der Waals surface area contributed by atoms with Gasteiger partial charge >= 0.3 is 0 Å². The molecule has 41 heteroatoms. The highest BCUT2D eigenvalue weighted by Crippen LogP contribution is 2.26. The van der Waals surface area contributed by atoms with Gasteiger partial charge in [-0.25, -0.2) is 4.98 Å². The lowest BCUT2D eigenvalue weighted by Gasteiger charge is -2.36. The lowest BCUT2D eigenvalue weighted by molar-refractivity contribution is -0.149. The number of nitrogens with two attached hydrogens (primary N) is 2. The summed E-state index contributed by atoms with van der Waals surface area (Å²) in [7, 11) is 5.31. The Morgan fingerprint density at radius 2 is 1.13 bits per heavy atom. The van der Waals surface area contributed by atoms with Crippen LogP contribution in [0.5, 0.6) is 0 Å². The number of imidazole rings is 1. The predicted molar refractivity (Wildman–Crippen MR) is 462 cm³/mol. The number of thioether (sulfide) groups is 1. The molecule has 20 N–H and O–H groups in total. The Bertz CT molecular complexity index is 4580. The molecule has 13 unspecified atom stereocenters. The monoisotopic (exact) mass is 1750 g/mol. The SMILES string of the molecule is CCCCC1C(=O)N(C)C(CCCC)C(=O)NC(CCCNC(=N)N)C(=O)NC(C(=O)NCC)CSCC(=O)NC(C)C(=O)N(C)C(C)C(=O)NC(CC(N)=O)C(=O)N2CCCC2C(=O)NC(Cc2cnc[nH]2)C(=O)NC(CC(C)C)C(=O)N(C)CC(=O)NC(Cc2c[nH]c3ccccc23)C(=O)NC(CO)C(=O)NC(Cc2c[nH]c3ccccc23)C(=O)N1C. The number of amides is 16. The number of hydrogen-bond acceptors (Lipinski definition) is 20. The van der Waals surface area contributed by atoms with Gasteiger partial charge in [0.05, 0.1) is 31.7 Å². The third-order valence-electron chi connectivity index (χ3n) is 21.9. The van der Waals surface area contributed by atoms with Gasteiger partial charge < -0.3 is 115 Å². The number of nitrogens with zero attached hydrogens (tertiary/aromatic N) is 6. The number of aliphatic hydroxyl groups excluding tert-OH is 1. The van der Waals surface area contributed by atoms with Gasteiger partial charge in [-0.05, 0) is 94.9 Å². The third kappa shape index (κ3) is 28.2. The Morgan fingerprint density at radius 3 is 1.72 bits per heavy atom. The number of benzene rings is 2. The van der Waals surface area contributed by atoms with E-state index in [4.69, 9.17) is 16.9 Å². The molecule has 13 atom stereocenters. The topological polar surface area (TPSA) is 578 Å². The van der Waals surface area contributed by atoms with Crippen molar-refractivity contribution in [3.63, 3.8) is 0 Å². The zero-order valence-electron chi connectivity index (χ0n) is 72.3. The fraction of sp³-hybridized carbons (Fsp3) is 0.566. The summed E-state index contributed by atoms with van der Waals surface area (Å²) in [5.41, 5.74) is 14.0. The number of para-hydroxylation sites is 2. The minimum absolute atomic E-state index is 0.0107. The minimum Gasteiger partial charge on any atom is -0.394 e. The lowest BCUT2D eigenvalue weighted by atomic mass is 10.00. The van der Waals surface area contributed by atoms with Crippen LogP contribution in [-0.4, -0.2) is 301 Å². The van der Waals surface area contributed by atoms with Gasteiger partial charge in [0.25, 0.3) is 0 Å². The molecule has 0 radical (unpaired) electrons. The van der Waals surface area contributed by atoms with E-state index in [9.17, 15) is 57.8 Å². The van der Waals surface area contributed by atoms with Crippen LogP contribution in [0.2, 0.25) is 0 Å². The van der Waals surface area contributed by atoms with Crippen molar-refractivity contribution in [1.82, 2.24) is 103 Å². The summed E-state index contributed by atoms with van der Waals surface area (Å²) < 4.78 is 0. The van der Waals surface area contributed by atoms with Gasteiger partial charge in [0.15, 0.2) is 5.96 Å². The summed E-state index contributed by atoms with van der Waals surface area (Å²) >= 11 is 0.897. The molecule has 3 aromatic heterocycles. The van der Waals surface area contributed by atoms with E-state index in [1.807, 2.05) is 13.8 Å². The van der Waals surface area contributed by atoms with Crippen molar-refractivity contribution in [2.24, 2.45) is 17.4 Å². The van der Waals surface area contributed by atoms with Crippen LogP contribution in [0.25, 0.3) is 21.8 Å². The van der Waals surface area contributed by atoms with Crippen molar-refractivity contribution >= 4 is 134 Å². The fourth-order valence-corrected chi connectivity index (χ4v) is 15.8. The van der Waals surface area contributed by atoms with E-state index in [-0.39, 0.29) is 107 Å². The van der Waals surface area contributed by atoms with Crippen LogP contribution >= 0.6 is 11.8 Å². The molecule has 124 heavy (non-hydrogen) atoms. The first kappa shape index (κ1) is 98.9. The molecule has 0 saturated carbocycles. The second-order valence-electron chi connectivity index (χ2n) is 31.8. The number of hydrogen-bond donors (Lipinski definition) is 18. The van der Waals surface area contributed by atoms with Crippen molar-refractivity contribution in [3.05, 3.63) is 90.3 Å². The van der Waals surface area contributed by atoms with Crippen LogP contribution in [-0.2, 0) is 96.0 Å². The van der Waals surface area contributed by atoms with Crippen LogP contribution in [0.4, 0.5) is 0 Å². The van der Waals surface area contributed by atoms with Crippen LogP contribution in [0.15, 0.2) is 73.4 Å². The highest BCUT2D eigenvalue weighted by atomic mass is 32.2. The zero-order valence-corrected chi connectivity index (χ0v) is 73.1. The standard InChI is InChI=1S/C83H123N23O17S/c1-12-15-28-64-76(117)95-56(27-21-31-89-83(85)86)72(113)101-63(71(112)88-14-3)43-124-44-69(110)93-47(6)78(119)103(9)48(7)70(111)97-61(37-67(84)108)81(122)106-32-22-30-65(106)77(118)96-58(36-51-40-87-45-92-51)74(115)98-59(33-46(4)5)79(120)102(8)41-68(109)94-57(34-49-38-90-54-25-19-17-23-52(49)54)73(114)100-62(42-107)75(116)99-60(35-50-39-91-55-26-20-18-24-53(50)55)80(121)105(11)66(29-16-13-2)82(123)104(64)10/h17-20,23-26,38-40,45-48,56-66,90-91,107H,12-16,21-22,27-37,41-44H2,1-11H3,(H2,84,108)(H,87,92)(H,88,112)(H,93,110)(H,94,109)(H,95,117)(H,96,118)(H,97,111)(H,98,115)(H,99,116)(H,100,114)(H,101,113)(H4,85,86,89). The molecule has 0 spiro atoms. The number of primary amides is 1. The predicted octanol–water partition coefficient (Wildman–Crippen LogP) is -1.83. The van der Waals surface area contributed by atoms with Crippen molar-refractivity contribution in [1.29, 1.82) is 5.41 Å². The van der Waals surface area contributed by atoms with Gasteiger partial charge in [-0.3, -0.25) is 82.1 Å². The van der Waals surface area contributed by atoms with E-state index in [1.165, 1.54) is 64.4 Å². The minimum atomic E-state index is -1.83. The molecule has 0 bridgehead atoms. The van der Waals surface area contributed by atoms with Crippen LogP contribution in [0.3, 0.4) is 0 Å². The molecular formula is C83H123N23O17S. The van der Waals surface area contributed by atoms with Crippen molar-refractivity contribution in [2.75, 3.05) is 72.5 Å². The number of rotatable bonds is 23. The Morgan fingerprint density at radius 1 is 0.573 bits per heavy atom. The second kappa shape index (κ2) is 48.0. The maximum absolute atomic E-state index is 15.6. The summed E-state index contributed by atoms with van der Waals surface area (Å²) in [4.78, 5) is 252. The first-order valence-electron chi connectivity index (χ1n) is 42.0. The summed E-state index contributed by atoms with van der Waals surface area (Å²) in [5.74, 6) is -15.0. The molecule has 16 amide bonds. The molecular weight excluding hydrogens is 1620 g/mol. The first-order chi connectivity index (χ1) is 59.0. The average Bonchev–Trinajstić information content (AvgIpc) is 1.79. The van der Waals surface area contributed by atoms with Crippen molar-refractivity contribution < 1.29 is 81.8 Å². The maximum atomic E-state index is 15.6. The van der Waals surface area contributed by atoms with Gasteiger partial charge in [-0.15, -0.1) is 11.8 Å². The number of carbonyl (C=O) groups is 16. The molecule has 2 saturated heterocycles. The molecule has 7 rings (SSSR count). The van der Waals surface area contributed by atoms with E-state index < -0.39 is 193 Å². The first-order valence-corrected chi connectivity index (χ1v) is 43.1. The van der Waals surface area contributed by atoms with E-state index >= 15 is 24.0 Å². The number of H-pyrrole nitrogens is 3.